The van der Waals surface area contributed by atoms with Crippen LogP contribution in [0.4, 0.5) is 0 Å². The summed E-state index contributed by atoms with van der Waals surface area (Å²) in [4.78, 5) is 9.66. The van der Waals surface area contributed by atoms with Gasteiger partial charge >= 0.3 is 0 Å². The first-order chi connectivity index (χ1) is 11.5. The third-order valence-electron chi connectivity index (χ3n) is 4.34. The van der Waals surface area contributed by atoms with Crippen molar-refractivity contribution >= 4 is 5.96 Å². The maximum Gasteiger partial charge on any atom is 0.191 e. The van der Waals surface area contributed by atoms with Crippen molar-refractivity contribution in [2.75, 3.05) is 59.0 Å². The summed E-state index contributed by atoms with van der Waals surface area (Å²) in [5.41, 5.74) is 0. The third kappa shape index (κ3) is 8.85. The molecule has 1 aliphatic rings. The first-order valence-corrected chi connectivity index (χ1v) is 9.62. The molecule has 1 heterocycles. The highest BCUT2D eigenvalue weighted by Crippen LogP contribution is 2.03. The van der Waals surface area contributed by atoms with Crippen molar-refractivity contribution in [3.05, 3.63) is 0 Å². The third-order valence-corrected chi connectivity index (χ3v) is 4.34. The summed E-state index contributed by atoms with van der Waals surface area (Å²) in [7, 11) is 0. The van der Waals surface area contributed by atoms with E-state index in [1.165, 1.54) is 0 Å². The van der Waals surface area contributed by atoms with Crippen molar-refractivity contribution in [3.8, 4) is 0 Å². The summed E-state index contributed by atoms with van der Waals surface area (Å²) in [6, 6.07) is 1.14. The van der Waals surface area contributed by atoms with E-state index in [0.717, 1.165) is 71.4 Å². The van der Waals surface area contributed by atoms with E-state index < -0.39 is 0 Å². The molecule has 0 unspecified atom stereocenters. The fourth-order valence-electron chi connectivity index (χ4n) is 3.07. The summed E-state index contributed by atoms with van der Waals surface area (Å²) in [5, 5.41) is 6.80. The molecular formula is C18H39N5O. The van der Waals surface area contributed by atoms with Crippen molar-refractivity contribution in [3.63, 3.8) is 0 Å². The minimum atomic E-state index is 0.569. The minimum Gasteiger partial charge on any atom is -0.379 e. The van der Waals surface area contributed by atoms with Gasteiger partial charge in [-0.25, -0.2) is 0 Å². The highest BCUT2D eigenvalue weighted by atomic mass is 16.5. The van der Waals surface area contributed by atoms with Gasteiger partial charge in [0.1, 0.15) is 0 Å². The Morgan fingerprint density at radius 3 is 2.38 bits per heavy atom. The number of ether oxygens (including phenoxy) is 1. The summed E-state index contributed by atoms with van der Waals surface area (Å²) >= 11 is 0. The van der Waals surface area contributed by atoms with Gasteiger partial charge in [-0.15, -0.1) is 0 Å². The van der Waals surface area contributed by atoms with Gasteiger partial charge in [0.05, 0.1) is 13.2 Å². The van der Waals surface area contributed by atoms with E-state index in [9.17, 15) is 0 Å². The molecule has 6 nitrogen and oxygen atoms in total. The number of hydrogen-bond acceptors (Lipinski definition) is 4. The number of aliphatic imine (C=N–C) groups is 1. The Morgan fingerprint density at radius 2 is 1.79 bits per heavy atom. The Balaban J connectivity index is 2.28. The summed E-state index contributed by atoms with van der Waals surface area (Å²) < 4.78 is 5.38. The molecular weight excluding hydrogens is 302 g/mol. The van der Waals surface area contributed by atoms with Gasteiger partial charge in [0, 0.05) is 57.9 Å². The SMILES string of the molecule is CCNC(=NCCCN1CCOCC1)NCCN(C(C)C)C(C)C. The molecule has 1 rings (SSSR count). The Morgan fingerprint density at radius 1 is 1.12 bits per heavy atom. The second-order valence-corrected chi connectivity index (χ2v) is 6.92. The van der Waals surface area contributed by atoms with Gasteiger partial charge in [-0.3, -0.25) is 14.8 Å². The number of nitrogens with zero attached hydrogens (tertiary/aromatic N) is 3. The first-order valence-electron chi connectivity index (χ1n) is 9.62. The van der Waals surface area contributed by atoms with Crippen LogP contribution >= 0.6 is 0 Å². The second kappa shape index (κ2) is 12.5. The fourth-order valence-corrected chi connectivity index (χ4v) is 3.07. The molecule has 1 aliphatic heterocycles. The zero-order valence-electron chi connectivity index (χ0n) is 16.5. The molecule has 0 aromatic rings. The lowest BCUT2D eigenvalue weighted by molar-refractivity contribution is 0.0377. The Labute approximate surface area is 149 Å². The Hall–Kier alpha value is -0.850. The maximum absolute atomic E-state index is 5.38. The monoisotopic (exact) mass is 341 g/mol. The largest absolute Gasteiger partial charge is 0.379 e. The smallest absolute Gasteiger partial charge is 0.191 e. The highest BCUT2D eigenvalue weighted by molar-refractivity contribution is 5.79. The quantitative estimate of drug-likeness (QED) is 0.357. The molecule has 0 aromatic heterocycles. The lowest BCUT2D eigenvalue weighted by Gasteiger charge is -2.30. The van der Waals surface area contributed by atoms with Crippen LogP contribution in [0.25, 0.3) is 0 Å². The molecule has 0 amide bonds. The molecule has 2 N–H and O–H groups in total. The van der Waals surface area contributed by atoms with Gasteiger partial charge in [-0.05, 0) is 41.0 Å². The number of morpholine rings is 1. The standard InChI is InChI=1S/C18H39N5O/c1-6-19-18(21-9-11-23(16(2)3)17(4)5)20-8-7-10-22-12-14-24-15-13-22/h16-17H,6-15H2,1-5H3,(H2,19,20,21). The van der Waals surface area contributed by atoms with Crippen LogP contribution in [0.15, 0.2) is 4.99 Å². The van der Waals surface area contributed by atoms with Crippen LogP contribution in [0.5, 0.6) is 0 Å². The highest BCUT2D eigenvalue weighted by Gasteiger charge is 2.12. The minimum absolute atomic E-state index is 0.569. The lowest BCUT2D eigenvalue weighted by atomic mass is 10.2. The predicted molar refractivity (Wildman–Crippen MR) is 103 cm³/mol. The van der Waals surface area contributed by atoms with Crippen molar-refractivity contribution in [2.24, 2.45) is 4.99 Å². The van der Waals surface area contributed by atoms with Crippen LogP contribution in [-0.4, -0.2) is 86.9 Å². The van der Waals surface area contributed by atoms with E-state index in [0.29, 0.717) is 12.1 Å². The van der Waals surface area contributed by atoms with Crippen LogP contribution in [0.3, 0.4) is 0 Å². The van der Waals surface area contributed by atoms with E-state index in [-0.39, 0.29) is 0 Å². The normalized spacial score (nSPS) is 17.1. The first kappa shape index (κ1) is 21.2. The van der Waals surface area contributed by atoms with Gasteiger partial charge in [0.25, 0.3) is 0 Å². The van der Waals surface area contributed by atoms with Gasteiger partial charge in [0.2, 0.25) is 0 Å². The van der Waals surface area contributed by atoms with E-state index in [4.69, 9.17) is 9.73 Å². The number of guanidine groups is 1. The van der Waals surface area contributed by atoms with Crippen molar-refractivity contribution < 1.29 is 4.74 Å². The van der Waals surface area contributed by atoms with Gasteiger partial charge in [0.15, 0.2) is 5.96 Å². The van der Waals surface area contributed by atoms with Crippen molar-refractivity contribution in [1.29, 1.82) is 0 Å². The van der Waals surface area contributed by atoms with Crippen LogP contribution in [0.1, 0.15) is 41.0 Å². The lowest BCUT2D eigenvalue weighted by Crippen LogP contribution is -2.45. The summed E-state index contributed by atoms with van der Waals surface area (Å²) in [5.74, 6) is 0.937. The molecule has 0 aliphatic carbocycles. The van der Waals surface area contributed by atoms with Crippen LogP contribution in [0.2, 0.25) is 0 Å². The summed E-state index contributed by atoms with van der Waals surface area (Å²) in [6.07, 6.45) is 1.10. The van der Waals surface area contributed by atoms with Crippen LogP contribution < -0.4 is 10.6 Å². The summed E-state index contributed by atoms with van der Waals surface area (Å²) in [6.45, 7) is 19.8. The maximum atomic E-state index is 5.38. The number of hydrogen-bond donors (Lipinski definition) is 2. The van der Waals surface area contributed by atoms with E-state index in [1.54, 1.807) is 0 Å². The molecule has 0 atom stereocenters. The second-order valence-electron chi connectivity index (χ2n) is 6.92. The van der Waals surface area contributed by atoms with Gasteiger partial charge in [-0.1, -0.05) is 0 Å². The predicted octanol–water partition coefficient (Wildman–Crippen LogP) is 1.38. The van der Waals surface area contributed by atoms with Crippen LogP contribution in [-0.2, 0) is 4.74 Å². The Kier molecular flexibility index (Phi) is 11.0. The van der Waals surface area contributed by atoms with E-state index >= 15 is 0 Å². The fraction of sp³-hybridized carbons (Fsp3) is 0.944. The van der Waals surface area contributed by atoms with Gasteiger partial charge in [-0.2, -0.15) is 0 Å². The molecule has 1 fully saturated rings. The molecule has 0 saturated carbocycles. The van der Waals surface area contributed by atoms with Crippen LogP contribution in [0, 0.1) is 0 Å². The average Bonchev–Trinajstić information content (AvgIpc) is 2.55. The molecule has 0 radical (unpaired) electrons. The number of rotatable bonds is 10. The molecule has 24 heavy (non-hydrogen) atoms. The zero-order chi connectivity index (χ0) is 17.8. The number of nitrogens with one attached hydrogen (secondary N) is 2. The molecule has 0 bridgehead atoms. The topological polar surface area (TPSA) is 52.1 Å². The molecule has 142 valence electrons. The van der Waals surface area contributed by atoms with Gasteiger partial charge < -0.3 is 15.4 Å². The molecule has 6 heteroatoms. The molecule has 1 saturated heterocycles. The molecule has 0 aromatic carbocycles. The van der Waals surface area contributed by atoms with Crippen molar-refractivity contribution in [2.45, 2.75) is 53.1 Å². The van der Waals surface area contributed by atoms with Crippen molar-refractivity contribution in [1.82, 2.24) is 20.4 Å². The van der Waals surface area contributed by atoms with E-state index in [1.807, 2.05) is 0 Å². The Bertz CT molecular complexity index is 332. The zero-order valence-corrected chi connectivity index (χ0v) is 16.5. The molecule has 0 spiro atoms. The average molecular weight is 342 g/mol. The van der Waals surface area contributed by atoms with E-state index in [2.05, 4.69) is 55.1 Å².